The maximum absolute atomic E-state index is 12.8. The summed E-state index contributed by atoms with van der Waals surface area (Å²) in [6, 6.07) is 5.11. The monoisotopic (exact) mass is 376 g/mol. The fraction of sp³-hybridized carbons (Fsp3) is 0.250. The van der Waals surface area contributed by atoms with E-state index in [1.165, 1.54) is 23.3 Å². The van der Waals surface area contributed by atoms with E-state index >= 15 is 0 Å². The standard InChI is InChI=1S/C16H13ClN4OS2/c1-2-7-21-14(22)11-6-5-10(17)8-12(11)18-15(21)23-16-19-13(20-24-16)9-3-4-9/h2,5-6,8-9H,1,3-4,7H2. The lowest BCUT2D eigenvalue weighted by Gasteiger charge is -2.10. The van der Waals surface area contributed by atoms with Gasteiger partial charge in [0.1, 0.15) is 5.82 Å². The molecule has 5 nitrogen and oxygen atoms in total. The average molecular weight is 377 g/mol. The Morgan fingerprint density at radius 2 is 2.25 bits per heavy atom. The maximum atomic E-state index is 12.8. The van der Waals surface area contributed by atoms with E-state index in [2.05, 4.69) is 20.9 Å². The maximum Gasteiger partial charge on any atom is 0.262 e. The second kappa shape index (κ2) is 6.31. The van der Waals surface area contributed by atoms with E-state index in [0.717, 1.165) is 23.0 Å². The Morgan fingerprint density at radius 1 is 1.42 bits per heavy atom. The van der Waals surface area contributed by atoms with E-state index in [1.807, 2.05) is 0 Å². The van der Waals surface area contributed by atoms with Crippen molar-refractivity contribution >= 4 is 45.8 Å². The number of allylic oxidation sites excluding steroid dienone is 1. The van der Waals surface area contributed by atoms with Gasteiger partial charge in [0.25, 0.3) is 5.56 Å². The Labute approximate surface area is 151 Å². The molecule has 0 spiro atoms. The Balaban J connectivity index is 1.80. The first-order valence-corrected chi connectivity index (χ1v) is 9.45. The van der Waals surface area contributed by atoms with Crippen LogP contribution in [0.3, 0.4) is 0 Å². The van der Waals surface area contributed by atoms with Crippen LogP contribution in [0.1, 0.15) is 24.6 Å². The van der Waals surface area contributed by atoms with Crippen LogP contribution in [-0.4, -0.2) is 18.9 Å². The number of aromatic nitrogens is 4. The van der Waals surface area contributed by atoms with Gasteiger partial charge in [-0.05, 0) is 54.3 Å². The molecule has 122 valence electrons. The smallest absolute Gasteiger partial charge is 0.262 e. The molecule has 4 rings (SSSR count). The van der Waals surface area contributed by atoms with Crippen molar-refractivity contribution in [3.63, 3.8) is 0 Å². The fourth-order valence-electron chi connectivity index (χ4n) is 2.39. The van der Waals surface area contributed by atoms with Crippen LogP contribution in [0.5, 0.6) is 0 Å². The molecule has 0 radical (unpaired) electrons. The number of nitrogens with zero attached hydrogens (tertiary/aromatic N) is 4. The molecule has 0 amide bonds. The summed E-state index contributed by atoms with van der Waals surface area (Å²) in [7, 11) is 0. The van der Waals surface area contributed by atoms with E-state index in [0.29, 0.717) is 33.5 Å². The van der Waals surface area contributed by atoms with Crippen molar-refractivity contribution in [2.24, 2.45) is 0 Å². The fourth-order valence-corrected chi connectivity index (χ4v) is 4.24. The van der Waals surface area contributed by atoms with Crippen molar-refractivity contribution in [3.8, 4) is 0 Å². The van der Waals surface area contributed by atoms with Gasteiger partial charge < -0.3 is 0 Å². The first-order valence-electron chi connectivity index (χ1n) is 7.48. The molecule has 24 heavy (non-hydrogen) atoms. The van der Waals surface area contributed by atoms with Gasteiger partial charge in [-0.2, -0.15) is 4.37 Å². The van der Waals surface area contributed by atoms with Crippen LogP contribution in [0.2, 0.25) is 5.02 Å². The second-order valence-corrected chi connectivity index (χ2v) is 7.96. The molecule has 8 heteroatoms. The van der Waals surface area contributed by atoms with Crippen molar-refractivity contribution in [1.82, 2.24) is 18.9 Å². The molecule has 0 atom stereocenters. The summed E-state index contributed by atoms with van der Waals surface area (Å²) in [5.74, 6) is 1.42. The van der Waals surface area contributed by atoms with Gasteiger partial charge in [0, 0.05) is 17.5 Å². The van der Waals surface area contributed by atoms with Gasteiger partial charge in [-0.15, -0.1) is 6.58 Å². The summed E-state index contributed by atoms with van der Waals surface area (Å²) in [5, 5.41) is 1.67. The summed E-state index contributed by atoms with van der Waals surface area (Å²) in [6.07, 6.45) is 4.01. The minimum atomic E-state index is -0.106. The molecule has 0 unspecified atom stereocenters. The molecule has 0 aliphatic heterocycles. The van der Waals surface area contributed by atoms with Crippen LogP contribution < -0.4 is 5.56 Å². The number of fused-ring (bicyclic) bond motifs is 1. The van der Waals surface area contributed by atoms with Crippen molar-refractivity contribution in [1.29, 1.82) is 0 Å². The summed E-state index contributed by atoms with van der Waals surface area (Å²) < 4.78 is 6.80. The van der Waals surface area contributed by atoms with Crippen molar-refractivity contribution in [3.05, 3.63) is 52.1 Å². The zero-order valence-electron chi connectivity index (χ0n) is 12.6. The Morgan fingerprint density at radius 3 is 3.00 bits per heavy atom. The average Bonchev–Trinajstić information content (AvgIpc) is 3.31. The van der Waals surface area contributed by atoms with E-state index in [4.69, 9.17) is 11.6 Å². The van der Waals surface area contributed by atoms with E-state index < -0.39 is 0 Å². The van der Waals surface area contributed by atoms with Gasteiger partial charge >= 0.3 is 0 Å². The summed E-state index contributed by atoms with van der Waals surface area (Å²) in [6.45, 7) is 4.12. The first kappa shape index (κ1) is 15.8. The van der Waals surface area contributed by atoms with Crippen molar-refractivity contribution < 1.29 is 0 Å². The predicted octanol–water partition coefficient (Wildman–Crippen LogP) is 4.12. The molecular weight excluding hydrogens is 364 g/mol. The van der Waals surface area contributed by atoms with Crippen LogP contribution in [0.25, 0.3) is 10.9 Å². The third kappa shape index (κ3) is 2.99. The zero-order valence-corrected chi connectivity index (χ0v) is 15.0. The highest BCUT2D eigenvalue weighted by Crippen LogP contribution is 2.40. The van der Waals surface area contributed by atoms with E-state index in [9.17, 15) is 4.79 Å². The highest BCUT2D eigenvalue weighted by Gasteiger charge is 2.28. The van der Waals surface area contributed by atoms with Crippen LogP contribution in [0, 0.1) is 0 Å². The largest absolute Gasteiger partial charge is 0.283 e. The Hall–Kier alpha value is -1.70. The highest BCUT2D eigenvalue weighted by atomic mass is 35.5. The second-order valence-electron chi connectivity index (χ2n) is 5.56. The number of hydrogen-bond donors (Lipinski definition) is 0. The van der Waals surface area contributed by atoms with Gasteiger partial charge in [-0.3, -0.25) is 9.36 Å². The van der Waals surface area contributed by atoms with Gasteiger partial charge in [-0.25, -0.2) is 9.97 Å². The SMILES string of the molecule is C=CCn1c(Sc2nc(C3CC3)ns2)nc2cc(Cl)ccc2c1=O. The van der Waals surface area contributed by atoms with Crippen LogP contribution in [0.15, 0.2) is 45.1 Å². The normalized spacial score (nSPS) is 14.2. The van der Waals surface area contributed by atoms with Crippen LogP contribution in [-0.2, 0) is 6.54 Å². The molecule has 0 N–H and O–H groups in total. The number of hydrogen-bond acceptors (Lipinski definition) is 6. The minimum absolute atomic E-state index is 0.106. The Bertz CT molecular complexity index is 993. The molecule has 1 saturated carbocycles. The van der Waals surface area contributed by atoms with E-state index in [-0.39, 0.29) is 5.56 Å². The van der Waals surface area contributed by atoms with Gasteiger partial charge in [0.2, 0.25) is 0 Å². The molecule has 2 heterocycles. The zero-order chi connectivity index (χ0) is 16.7. The van der Waals surface area contributed by atoms with E-state index in [1.54, 1.807) is 28.8 Å². The number of halogens is 1. The lowest BCUT2D eigenvalue weighted by atomic mass is 10.2. The summed E-state index contributed by atoms with van der Waals surface area (Å²) in [5.41, 5.74) is 0.480. The molecule has 1 aromatic carbocycles. The van der Waals surface area contributed by atoms with Crippen LogP contribution >= 0.6 is 34.9 Å². The molecule has 0 saturated heterocycles. The third-order valence-corrected chi connectivity index (χ3v) is 5.73. The van der Waals surface area contributed by atoms with Crippen molar-refractivity contribution in [2.45, 2.75) is 34.8 Å². The number of benzene rings is 1. The Kier molecular flexibility index (Phi) is 4.15. The van der Waals surface area contributed by atoms with Gasteiger partial charge in [0.15, 0.2) is 9.50 Å². The predicted molar refractivity (Wildman–Crippen MR) is 97.2 cm³/mol. The molecule has 1 aliphatic rings. The summed E-state index contributed by atoms with van der Waals surface area (Å²) in [4.78, 5) is 21.9. The third-order valence-electron chi connectivity index (χ3n) is 3.74. The van der Waals surface area contributed by atoms with Crippen molar-refractivity contribution in [2.75, 3.05) is 0 Å². The molecule has 0 bridgehead atoms. The number of rotatable bonds is 5. The minimum Gasteiger partial charge on any atom is -0.283 e. The van der Waals surface area contributed by atoms with Gasteiger partial charge in [0.05, 0.1) is 10.9 Å². The quantitative estimate of drug-likeness (QED) is 0.495. The molecule has 1 fully saturated rings. The molecular formula is C16H13ClN4OS2. The summed E-state index contributed by atoms with van der Waals surface area (Å²) >= 11 is 8.75. The first-order chi connectivity index (χ1) is 11.7. The lowest BCUT2D eigenvalue weighted by molar-refractivity contribution is 0.671. The molecule has 1 aliphatic carbocycles. The highest BCUT2D eigenvalue weighted by molar-refractivity contribution is 8.00. The van der Waals surface area contributed by atoms with Gasteiger partial charge in [-0.1, -0.05) is 17.7 Å². The van der Waals surface area contributed by atoms with Crippen LogP contribution in [0.4, 0.5) is 0 Å². The lowest BCUT2D eigenvalue weighted by Crippen LogP contribution is -2.22. The molecule has 2 aromatic heterocycles. The topological polar surface area (TPSA) is 60.7 Å². The molecule has 3 aromatic rings.